The number of nitrogens with zero attached hydrogens (tertiary/aromatic N) is 2. The zero-order valence-corrected chi connectivity index (χ0v) is 12.2. The van der Waals surface area contributed by atoms with Gasteiger partial charge in [0.15, 0.2) is 0 Å². The summed E-state index contributed by atoms with van der Waals surface area (Å²) in [5.41, 5.74) is 2.31. The van der Waals surface area contributed by atoms with Gasteiger partial charge in [0.25, 0.3) is 0 Å². The van der Waals surface area contributed by atoms with Crippen LogP contribution in [-0.4, -0.2) is 11.2 Å². The molecule has 1 aromatic heterocycles. The summed E-state index contributed by atoms with van der Waals surface area (Å²) in [4.78, 5) is 4.05. The third kappa shape index (κ3) is 4.19. The Balaban J connectivity index is 2.06. The molecule has 0 bridgehead atoms. The number of rotatable bonds is 3. The van der Waals surface area contributed by atoms with Gasteiger partial charge < -0.3 is 0 Å². The Kier molecular flexibility index (Phi) is 4.58. The van der Waals surface area contributed by atoms with Crippen LogP contribution in [0.1, 0.15) is 11.1 Å². The van der Waals surface area contributed by atoms with Gasteiger partial charge in [0.1, 0.15) is 5.82 Å². The van der Waals surface area contributed by atoms with Crippen LogP contribution in [0.5, 0.6) is 0 Å². The van der Waals surface area contributed by atoms with Crippen LogP contribution in [0.15, 0.2) is 47.7 Å². The van der Waals surface area contributed by atoms with Crippen molar-refractivity contribution in [3.05, 3.63) is 57.3 Å². The highest BCUT2D eigenvalue weighted by atomic mass is 127. The van der Waals surface area contributed by atoms with Gasteiger partial charge in [-0.2, -0.15) is 18.3 Å². The van der Waals surface area contributed by atoms with E-state index in [9.17, 15) is 13.2 Å². The number of hydrazone groups is 1. The number of alkyl halides is 3. The van der Waals surface area contributed by atoms with E-state index in [1.165, 1.54) is 12.3 Å². The molecular weight excluding hydrogens is 382 g/mol. The number of anilines is 1. The van der Waals surface area contributed by atoms with Crippen LogP contribution in [0.4, 0.5) is 19.0 Å². The van der Waals surface area contributed by atoms with E-state index < -0.39 is 11.7 Å². The molecule has 3 nitrogen and oxygen atoms in total. The van der Waals surface area contributed by atoms with Crippen LogP contribution in [-0.2, 0) is 6.18 Å². The maximum absolute atomic E-state index is 12.5. The first-order chi connectivity index (χ1) is 9.45. The number of nitrogens with one attached hydrogen (secondary N) is 1. The van der Waals surface area contributed by atoms with Crippen LogP contribution in [0.2, 0.25) is 0 Å². The van der Waals surface area contributed by atoms with Crippen molar-refractivity contribution < 1.29 is 13.2 Å². The van der Waals surface area contributed by atoms with Crippen molar-refractivity contribution in [1.29, 1.82) is 0 Å². The highest BCUT2D eigenvalue weighted by molar-refractivity contribution is 14.1. The Morgan fingerprint density at radius 3 is 2.65 bits per heavy atom. The number of hydrogen-bond donors (Lipinski definition) is 1. The molecular formula is C13H9F3IN3. The summed E-state index contributed by atoms with van der Waals surface area (Å²) >= 11 is 2.12. The van der Waals surface area contributed by atoms with Gasteiger partial charge in [0.05, 0.1) is 11.8 Å². The van der Waals surface area contributed by atoms with Crippen LogP contribution in [0.25, 0.3) is 0 Å². The Labute approximate surface area is 127 Å². The van der Waals surface area contributed by atoms with Crippen molar-refractivity contribution in [1.82, 2.24) is 4.98 Å². The van der Waals surface area contributed by atoms with E-state index in [-0.39, 0.29) is 0 Å². The van der Waals surface area contributed by atoms with Crippen molar-refractivity contribution in [2.75, 3.05) is 5.43 Å². The molecule has 0 amide bonds. The zero-order chi connectivity index (χ0) is 14.6. The van der Waals surface area contributed by atoms with Gasteiger partial charge in [-0.15, -0.1) is 0 Å². The van der Waals surface area contributed by atoms with Gasteiger partial charge in [-0.25, -0.2) is 4.98 Å². The molecule has 0 aliphatic rings. The van der Waals surface area contributed by atoms with E-state index in [2.05, 4.69) is 38.1 Å². The molecule has 104 valence electrons. The quantitative estimate of drug-likeness (QED) is 0.485. The first kappa shape index (κ1) is 14.8. The highest BCUT2D eigenvalue weighted by Gasteiger charge is 2.30. The molecule has 0 saturated heterocycles. The van der Waals surface area contributed by atoms with Crippen LogP contribution in [0, 0.1) is 3.57 Å². The van der Waals surface area contributed by atoms with Crippen LogP contribution < -0.4 is 5.43 Å². The largest absolute Gasteiger partial charge is 0.416 e. The van der Waals surface area contributed by atoms with E-state index in [4.69, 9.17) is 0 Å². The van der Waals surface area contributed by atoms with Crippen LogP contribution >= 0.6 is 22.6 Å². The zero-order valence-electron chi connectivity index (χ0n) is 10.0. The van der Waals surface area contributed by atoms with Crippen molar-refractivity contribution in [3.63, 3.8) is 0 Å². The smallest absolute Gasteiger partial charge is 0.261 e. The van der Waals surface area contributed by atoms with Crippen molar-refractivity contribution in [2.24, 2.45) is 5.10 Å². The molecule has 0 radical (unpaired) electrons. The fraction of sp³-hybridized carbons (Fsp3) is 0.0769. The molecule has 2 aromatic rings. The normalized spacial score (nSPS) is 11.8. The molecule has 1 N–H and O–H groups in total. The third-order valence-corrected chi connectivity index (χ3v) is 2.97. The molecule has 0 fully saturated rings. The van der Waals surface area contributed by atoms with E-state index in [0.717, 1.165) is 15.7 Å². The van der Waals surface area contributed by atoms with Crippen LogP contribution in [0.3, 0.4) is 0 Å². The van der Waals surface area contributed by atoms with Crippen molar-refractivity contribution in [3.8, 4) is 0 Å². The summed E-state index contributed by atoms with van der Waals surface area (Å²) in [6.07, 6.45) is -1.38. The predicted molar refractivity (Wildman–Crippen MR) is 79.6 cm³/mol. The summed E-state index contributed by atoms with van der Waals surface area (Å²) in [6.45, 7) is 0. The van der Waals surface area contributed by atoms with Crippen molar-refractivity contribution in [2.45, 2.75) is 6.18 Å². The minimum Gasteiger partial charge on any atom is -0.261 e. The number of benzene rings is 1. The molecule has 0 unspecified atom stereocenters. The molecule has 0 aliphatic carbocycles. The first-order valence-corrected chi connectivity index (χ1v) is 6.61. The third-order valence-electron chi connectivity index (χ3n) is 2.33. The predicted octanol–water partition coefficient (Wildman–Crippen LogP) is 4.15. The molecule has 0 spiro atoms. The molecule has 2 rings (SSSR count). The molecule has 0 saturated carbocycles. The number of hydrogen-bond acceptors (Lipinski definition) is 3. The molecule has 0 aliphatic heterocycles. The maximum atomic E-state index is 12.5. The van der Waals surface area contributed by atoms with Gasteiger partial charge in [-0.05, 0) is 52.4 Å². The second-order valence-corrected chi connectivity index (χ2v) is 5.10. The monoisotopic (exact) mass is 391 g/mol. The maximum Gasteiger partial charge on any atom is 0.416 e. The lowest BCUT2D eigenvalue weighted by Crippen LogP contribution is -2.05. The average molecular weight is 391 g/mol. The van der Waals surface area contributed by atoms with E-state index in [1.54, 1.807) is 18.3 Å². The Morgan fingerprint density at radius 2 is 2.00 bits per heavy atom. The SMILES string of the molecule is FC(F)(F)c1cccc(C=NNc2ccc(I)cn2)c1. The lowest BCUT2D eigenvalue weighted by Gasteiger charge is -2.06. The van der Waals surface area contributed by atoms with Gasteiger partial charge in [0, 0.05) is 9.77 Å². The molecule has 20 heavy (non-hydrogen) atoms. The van der Waals surface area contributed by atoms with Gasteiger partial charge >= 0.3 is 6.18 Å². The summed E-state index contributed by atoms with van der Waals surface area (Å²) in [6, 6.07) is 8.51. The first-order valence-electron chi connectivity index (χ1n) is 5.53. The van der Waals surface area contributed by atoms with Gasteiger partial charge in [0.2, 0.25) is 0 Å². The summed E-state index contributed by atoms with van der Waals surface area (Å²) < 4.78 is 38.5. The summed E-state index contributed by atoms with van der Waals surface area (Å²) in [7, 11) is 0. The van der Waals surface area contributed by atoms with Gasteiger partial charge in [-0.1, -0.05) is 12.1 Å². The minimum absolute atomic E-state index is 0.359. The minimum atomic E-state index is -4.35. The number of aromatic nitrogens is 1. The summed E-state index contributed by atoms with van der Waals surface area (Å²) in [5, 5.41) is 3.86. The molecule has 1 heterocycles. The fourth-order valence-corrected chi connectivity index (χ4v) is 1.73. The van der Waals surface area contributed by atoms with E-state index in [0.29, 0.717) is 11.4 Å². The lowest BCUT2D eigenvalue weighted by atomic mass is 10.1. The molecule has 0 atom stereocenters. The topological polar surface area (TPSA) is 37.3 Å². The van der Waals surface area contributed by atoms with E-state index >= 15 is 0 Å². The fourth-order valence-electron chi connectivity index (χ4n) is 1.41. The Hall–Kier alpha value is -1.64. The molecule has 1 aromatic carbocycles. The Bertz CT molecular complexity index is 609. The second kappa shape index (κ2) is 6.21. The second-order valence-electron chi connectivity index (χ2n) is 3.85. The summed E-state index contributed by atoms with van der Waals surface area (Å²) in [5.74, 6) is 0.522. The number of halogens is 4. The Morgan fingerprint density at radius 1 is 1.20 bits per heavy atom. The molecule has 7 heteroatoms. The average Bonchev–Trinajstić information content (AvgIpc) is 2.40. The van der Waals surface area contributed by atoms with Gasteiger partial charge in [-0.3, -0.25) is 5.43 Å². The van der Waals surface area contributed by atoms with E-state index in [1.807, 2.05) is 6.07 Å². The lowest BCUT2D eigenvalue weighted by molar-refractivity contribution is -0.137. The number of pyridine rings is 1. The van der Waals surface area contributed by atoms with Crippen molar-refractivity contribution >= 4 is 34.6 Å². The highest BCUT2D eigenvalue weighted by Crippen LogP contribution is 2.29. The standard InChI is InChI=1S/C13H9F3IN3/c14-13(15,16)10-3-1-2-9(6-10)7-19-20-12-5-4-11(17)8-18-12/h1-8H,(H,18,20).